The molecule has 2 rings (SSSR count). The number of phenols is 1. The van der Waals surface area contributed by atoms with Crippen molar-refractivity contribution in [3.05, 3.63) is 34.9 Å². The van der Waals surface area contributed by atoms with E-state index in [2.05, 4.69) is 15.5 Å². The Kier molecular flexibility index (Phi) is 4.91. The zero-order valence-corrected chi connectivity index (χ0v) is 13.6. The third-order valence-electron chi connectivity index (χ3n) is 3.02. The minimum atomic E-state index is -4.61. The number of aliphatic hydroxyl groups is 1. The summed E-state index contributed by atoms with van der Waals surface area (Å²) in [6, 6.07) is 4.28. The quantitative estimate of drug-likeness (QED) is 0.774. The molecule has 24 heavy (non-hydrogen) atoms. The van der Waals surface area contributed by atoms with Crippen molar-refractivity contribution in [3.8, 4) is 17.0 Å². The Hall–Kier alpha value is -2.06. The smallest absolute Gasteiger partial charge is 0.416 e. The number of halogens is 4. The Labute approximate surface area is 141 Å². The molecule has 0 fully saturated rings. The van der Waals surface area contributed by atoms with E-state index in [0.29, 0.717) is 11.9 Å². The van der Waals surface area contributed by atoms with Crippen molar-refractivity contribution in [2.24, 2.45) is 0 Å². The molecule has 0 amide bonds. The second-order valence-corrected chi connectivity index (χ2v) is 6.23. The average molecular weight is 362 g/mol. The van der Waals surface area contributed by atoms with E-state index in [4.69, 9.17) is 11.6 Å². The highest BCUT2D eigenvalue weighted by molar-refractivity contribution is 6.33. The van der Waals surface area contributed by atoms with Crippen molar-refractivity contribution >= 4 is 17.4 Å². The molecule has 0 spiro atoms. The summed E-state index contributed by atoms with van der Waals surface area (Å²) in [5.74, 6) is -0.273. The lowest BCUT2D eigenvalue weighted by atomic mass is 10.1. The van der Waals surface area contributed by atoms with Crippen LogP contribution in [0.4, 0.5) is 19.0 Å². The van der Waals surface area contributed by atoms with E-state index in [1.54, 1.807) is 13.8 Å². The average Bonchev–Trinajstić information content (AvgIpc) is 2.44. The van der Waals surface area contributed by atoms with Gasteiger partial charge in [0.1, 0.15) is 11.6 Å². The monoisotopic (exact) mass is 361 g/mol. The maximum Gasteiger partial charge on any atom is 0.416 e. The summed E-state index contributed by atoms with van der Waals surface area (Å²) >= 11 is 5.86. The van der Waals surface area contributed by atoms with Crippen LogP contribution < -0.4 is 5.32 Å². The third-order valence-corrected chi connectivity index (χ3v) is 3.32. The number of alkyl halides is 3. The lowest BCUT2D eigenvalue weighted by molar-refractivity contribution is -0.137. The van der Waals surface area contributed by atoms with Gasteiger partial charge in [-0.05, 0) is 38.1 Å². The molecule has 0 atom stereocenters. The van der Waals surface area contributed by atoms with Gasteiger partial charge < -0.3 is 15.5 Å². The van der Waals surface area contributed by atoms with Crippen molar-refractivity contribution in [2.75, 3.05) is 11.9 Å². The minimum Gasteiger partial charge on any atom is -0.507 e. The molecule has 0 aliphatic heterocycles. The van der Waals surface area contributed by atoms with Crippen LogP contribution in [0.25, 0.3) is 11.3 Å². The van der Waals surface area contributed by atoms with Crippen LogP contribution in [0.1, 0.15) is 19.4 Å². The van der Waals surface area contributed by atoms with Crippen LogP contribution in [-0.4, -0.2) is 32.6 Å². The number of hydrogen-bond acceptors (Lipinski definition) is 5. The Morgan fingerprint density at radius 2 is 1.83 bits per heavy atom. The molecule has 0 saturated heterocycles. The van der Waals surface area contributed by atoms with E-state index in [1.165, 1.54) is 12.1 Å². The van der Waals surface area contributed by atoms with Crippen molar-refractivity contribution in [3.63, 3.8) is 0 Å². The van der Waals surface area contributed by atoms with Gasteiger partial charge in [-0.3, -0.25) is 0 Å². The summed E-state index contributed by atoms with van der Waals surface area (Å²) in [5.41, 5.74) is -1.91. The number of hydrogen-bond donors (Lipinski definition) is 3. The summed E-state index contributed by atoms with van der Waals surface area (Å²) in [7, 11) is 0. The first-order valence-corrected chi connectivity index (χ1v) is 7.25. The molecule has 0 aliphatic carbocycles. The maximum absolute atomic E-state index is 12.7. The lowest BCUT2D eigenvalue weighted by Gasteiger charge is -2.17. The van der Waals surface area contributed by atoms with Gasteiger partial charge in [-0.15, -0.1) is 10.2 Å². The number of benzene rings is 1. The molecule has 130 valence electrons. The molecular formula is C15H15ClF3N3O2. The van der Waals surface area contributed by atoms with Crippen molar-refractivity contribution in [2.45, 2.75) is 25.6 Å². The van der Waals surface area contributed by atoms with Gasteiger partial charge in [-0.2, -0.15) is 13.2 Å². The zero-order chi connectivity index (χ0) is 18.1. The highest BCUT2D eigenvalue weighted by Gasteiger charge is 2.32. The SMILES string of the molecule is CC(C)(O)CNc1ccc(-c2c(O)cc(C(F)(F)F)cc2Cl)nn1. The fourth-order valence-electron chi connectivity index (χ4n) is 1.88. The van der Waals surface area contributed by atoms with E-state index >= 15 is 0 Å². The van der Waals surface area contributed by atoms with Crippen molar-refractivity contribution in [1.82, 2.24) is 10.2 Å². The van der Waals surface area contributed by atoms with Gasteiger partial charge in [0.05, 0.1) is 27.4 Å². The predicted molar refractivity (Wildman–Crippen MR) is 83.9 cm³/mol. The highest BCUT2D eigenvalue weighted by Crippen LogP contribution is 2.40. The van der Waals surface area contributed by atoms with E-state index in [-0.39, 0.29) is 22.8 Å². The maximum atomic E-state index is 12.7. The zero-order valence-electron chi connectivity index (χ0n) is 12.8. The van der Waals surface area contributed by atoms with Crippen LogP contribution in [0.5, 0.6) is 5.75 Å². The Balaban J connectivity index is 2.29. The molecule has 1 aromatic carbocycles. The third kappa shape index (κ3) is 4.48. The van der Waals surface area contributed by atoms with E-state index in [9.17, 15) is 23.4 Å². The largest absolute Gasteiger partial charge is 0.507 e. The first-order chi connectivity index (χ1) is 11.0. The molecule has 9 heteroatoms. The molecular weight excluding hydrogens is 347 g/mol. The van der Waals surface area contributed by atoms with Crippen molar-refractivity contribution in [1.29, 1.82) is 0 Å². The first-order valence-electron chi connectivity index (χ1n) is 6.87. The molecule has 2 aromatic rings. The Morgan fingerprint density at radius 1 is 1.17 bits per heavy atom. The van der Waals surface area contributed by atoms with Gasteiger partial charge >= 0.3 is 6.18 Å². The van der Waals surface area contributed by atoms with E-state index < -0.39 is 23.1 Å². The molecule has 0 radical (unpaired) electrons. The number of phenolic OH excluding ortho intramolecular Hbond substituents is 1. The van der Waals surface area contributed by atoms with Gasteiger partial charge in [0.25, 0.3) is 0 Å². The van der Waals surface area contributed by atoms with Crippen LogP contribution in [0.3, 0.4) is 0 Å². The van der Waals surface area contributed by atoms with Crippen LogP contribution in [0.15, 0.2) is 24.3 Å². The first kappa shape index (κ1) is 18.3. The Morgan fingerprint density at radius 3 is 2.29 bits per heavy atom. The number of nitrogens with one attached hydrogen (secondary N) is 1. The number of rotatable bonds is 4. The second kappa shape index (κ2) is 6.45. The highest BCUT2D eigenvalue weighted by atomic mass is 35.5. The number of anilines is 1. The van der Waals surface area contributed by atoms with Gasteiger partial charge in [0.2, 0.25) is 0 Å². The summed E-state index contributed by atoms with van der Waals surface area (Å²) in [6.07, 6.45) is -4.61. The molecule has 0 aliphatic rings. The summed E-state index contributed by atoms with van der Waals surface area (Å²) in [6.45, 7) is 3.46. The van der Waals surface area contributed by atoms with Gasteiger partial charge in [0.15, 0.2) is 0 Å². The molecule has 1 heterocycles. The van der Waals surface area contributed by atoms with Crippen molar-refractivity contribution < 1.29 is 23.4 Å². The molecule has 0 unspecified atom stereocenters. The predicted octanol–water partition coefficient (Wildman–Crippen LogP) is 3.70. The lowest BCUT2D eigenvalue weighted by Crippen LogP contribution is -2.29. The fourth-order valence-corrected chi connectivity index (χ4v) is 2.19. The molecule has 1 aromatic heterocycles. The molecule has 0 bridgehead atoms. The van der Waals surface area contributed by atoms with E-state index in [1.807, 2.05) is 0 Å². The molecule has 5 nitrogen and oxygen atoms in total. The Bertz CT molecular complexity index is 705. The standard InChI is InChI=1S/C15H15ClF3N3O2/c1-14(2,24)7-20-12-4-3-10(21-22-12)13-9(16)5-8(6-11(13)23)15(17,18)19/h3-6,23-24H,7H2,1-2H3,(H,20,22). The molecule has 0 saturated carbocycles. The molecule has 3 N–H and O–H groups in total. The minimum absolute atomic E-state index is 0.0359. The number of aromatic hydroxyl groups is 1. The van der Waals surface area contributed by atoms with E-state index in [0.717, 1.165) is 6.07 Å². The summed E-state index contributed by atoms with van der Waals surface area (Å²) in [4.78, 5) is 0. The van der Waals surface area contributed by atoms with Gasteiger partial charge in [-0.1, -0.05) is 11.6 Å². The van der Waals surface area contributed by atoms with Crippen LogP contribution in [0, 0.1) is 0 Å². The van der Waals surface area contributed by atoms with Crippen LogP contribution in [0.2, 0.25) is 5.02 Å². The van der Waals surface area contributed by atoms with Crippen LogP contribution in [-0.2, 0) is 6.18 Å². The van der Waals surface area contributed by atoms with Crippen LogP contribution >= 0.6 is 11.6 Å². The topological polar surface area (TPSA) is 78.3 Å². The number of nitrogens with zero attached hydrogens (tertiary/aromatic N) is 2. The van der Waals surface area contributed by atoms with Gasteiger partial charge in [-0.25, -0.2) is 0 Å². The summed E-state index contributed by atoms with van der Waals surface area (Å²) in [5, 5.41) is 29.8. The summed E-state index contributed by atoms with van der Waals surface area (Å²) < 4.78 is 38.1. The fraction of sp³-hybridized carbons (Fsp3) is 0.333. The normalized spacial score (nSPS) is 12.3. The number of aromatic nitrogens is 2. The second-order valence-electron chi connectivity index (χ2n) is 5.82. The van der Waals surface area contributed by atoms with Gasteiger partial charge in [0, 0.05) is 6.54 Å².